The lowest BCUT2D eigenvalue weighted by molar-refractivity contribution is -0.117. The summed E-state index contributed by atoms with van der Waals surface area (Å²) in [5.41, 5.74) is 4.02. The summed E-state index contributed by atoms with van der Waals surface area (Å²) in [6.45, 7) is 2.60. The van der Waals surface area contributed by atoms with Crippen LogP contribution in [0.1, 0.15) is 18.9 Å². The molecular formula is C19H17IN2O3. The second-order valence-electron chi connectivity index (χ2n) is 5.50. The Hall–Kier alpha value is -2.35. The molecule has 3 rings (SSSR count). The fourth-order valence-electron chi connectivity index (χ4n) is 2.43. The number of carbonyl (C=O) groups is 2. The van der Waals surface area contributed by atoms with Crippen LogP contribution in [-0.4, -0.2) is 18.4 Å². The van der Waals surface area contributed by atoms with E-state index in [1.54, 1.807) is 18.2 Å². The molecule has 1 aliphatic rings. The van der Waals surface area contributed by atoms with Crippen molar-refractivity contribution in [2.75, 3.05) is 11.6 Å². The molecule has 2 amide bonds. The predicted molar refractivity (Wildman–Crippen MR) is 105 cm³/mol. The van der Waals surface area contributed by atoms with Crippen molar-refractivity contribution in [3.63, 3.8) is 0 Å². The molecule has 25 heavy (non-hydrogen) atoms. The Kier molecular flexibility index (Phi) is 5.37. The lowest BCUT2D eigenvalue weighted by Crippen LogP contribution is -2.35. The van der Waals surface area contributed by atoms with Gasteiger partial charge in [-0.3, -0.25) is 15.0 Å². The number of benzene rings is 2. The average molecular weight is 448 g/mol. The van der Waals surface area contributed by atoms with Crippen molar-refractivity contribution in [3.05, 3.63) is 63.2 Å². The first-order valence-electron chi connectivity index (χ1n) is 7.94. The van der Waals surface area contributed by atoms with Crippen LogP contribution < -0.4 is 15.2 Å². The highest BCUT2D eigenvalue weighted by Gasteiger charge is 2.34. The van der Waals surface area contributed by atoms with Gasteiger partial charge in [-0.2, -0.15) is 0 Å². The van der Waals surface area contributed by atoms with Crippen LogP contribution in [0.25, 0.3) is 6.08 Å². The maximum Gasteiger partial charge on any atom is 0.282 e. The lowest BCUT2D eigenvalue weighted by Gasteiger charge is -2.14. The van der Waals surface area contributed by atoms with Gasteiger partial charge in [0.2, 0.25) is 0 Å². The van der Waals surface area contributed by atoms with E-state index < -0.39 is 5.91 Å². The summed E-state index contributed by atoms with van der Waals surface area (Å²) in [7, 11) is 0. The van der Waals surface area contributed by atoms with Crippen molar-refractivity contribution in [2.24, 2.45) is 0 Å². The van der Waals surface area contributed by atoms with Gasteiger partial charge in [0.15, 0.2) is 0 Å². The number of halogens is 1. The van der Waals surface area contributed by atoms with E-state index in [4.69, 9.17) is 4.74 Å². The molecule has 0 aromatic heterocycles. The molecular weight excluding hydrogens is 431 g/mol. The van der Waals surface area contributed by atoms with E-state index >= 15 is 0 Å². The van der Waals surface area contributed by atoms with E-state index in [1.165, 1.54) is 5.01 Å². The highest BCUT2D eigenvalue weighted by atomic mass is 127. The van der Waals surface area contributed by atoms with Crippen molar-refractivity contribution in [3.8, 4) is 5.75 Å². The summed E-state index contributed by atoms with van der Waals surface area (Å²) in [5, 5.41) is 1.26. The monoisotopic (exact) mass is 448 g/mol. The first-order chi connectivity index (χ1) is 12.1. The minimum Gasteiger partial charge on any atom is -0.493 e. The minimum absolute atomic E-state index is 0.0890. The summed E-state index contributed by atoms with van der Waals surface area (Å²) >= 11 is 2.19. The van der Waals surface area contributed by atoms with Crippen molar-refractivity contribution < 1.29 is 14.3 Å². The molecule has 0 spiro atoms. The van der Waals surface area contributed by atoms with E-state index in [2.05, 4.69) is 28.0 Å². The molecule has 1 aliphatic heterocycles. The van der Waals surface area contributed by atoms with Crippen molar-refractivity contribution >= 4 is 46.2 Å². The molecule has 0 atom stereocenters. The molecule has 5 nitrogen and oxygen atoms in total. The smallest absolute Gasteiger partial charge is 0.282 e. The zero-order valence-corrected chi connectivity index (χ0v) is 15.8. The summed E-state index contributed by atoms with van der Waals surface area (Å²) in [6.07, 6.45) is 2.46. The van der Waals surface area contributed by atoms with Crippen LogP contribution in [0.5, 0.6) is 5.75 Å². The number of hydrazine groups is 1. The van der Waals surface area contributed by atoms with Gasteiger partial charge in [-0.25, -0.2) is 5.01 Å². The SMILES string of the molecule is CCCOc1ccccc1/C=C1\C(=O)NN(c2ccc(I)cc2)C1=O. The number of carbonyl (C=O) groups excluding carboxylic acids is 2. The van der Waals surface area contributed by atoms with Crippen LogP contribution in [0.2, 0.25) is 0 Å². The number of amides is 2. The Bertz CT molecular complexity index is 831. The molecule has 1 heterocycles. The minimum atomic E-state index is -0.422. The average Bonchev–Trinajstić information content (AvgIpc) is 2.90. The molecule has 0 radical (unpaired) electrons. The largest absolute Gasteiger partial charge is 0.493 e. The van der Waals surface area contributed by atoms with E-state index in [1.807, 2.05) is 43.3 Å². The number of hydrogen-bond donors (Lipinski definition) is 1. The number of rotatable bonds is 5. The van der Waals surface area contributed by atoms with Gasteiger partial charge in [0.25, 0.3) is 11.8 Å². The first-order valence-corrected chi connectivity index (χ1v) is 9.02. The van der Waals surface area contributed by atoms with E-state index in [-0.39, 0.29) is 11.5 Å². The molecule has 0 aliphatic carbocycles. The van der Waals surface area contributed by atoms with Crippen LogP contribution in [-0.2, 0) is 9.59 Å². The van der Waals surface area contributed by atoms with Gasteiger partial charge < -0.3 is 4.74 Å². The Balaban J connectivity index is 1.90. The van der Waals surface area contributed by atoms with Crippen molar-refractivity contribution in [2.45, 2.75) is 13.3 Å². The Morgan fingerprint density at radius 2 is 1.84 bits per heavy atom. The molecule has 0 saturated carbocycles. The van der Waals surface area contributed by atoms with Crippen LogP contribution in [0.3, 0.4) is 0 Å². The van der Waals surface area contributed by atoms with Gasteiger partial charge in [-0.15, -0.1) is 0 Å². The molecule has 1 saturated heterocycles. The van der Waals surface area contributed by atoms with Gasteiger partial charge in [0, 0.05) is 9.13 Å². The molecule has 0 bridgehead atoms. The van der Waals surface area contributed by atoms with Gasteiger partial charge in [-0.05, 0) is 65.4 Å². The van der Waals surface area contributed by atoms with E-state index in [9.17, 15) is 9.59 Å². The van der Waals surface area contributed by atoms with Gasteiger partial charge in [0.1, 0.15) is 11.3 Å². The summed E-state index contributed by atoms with van der Waals surface area (Å²) in [5.74, 6) is -0.143. The zero-order chi connectivity index (χ0) is 17.8. The third-order valence-corrected chi connectivity index (χ3v) is 4.38. The second-order valence-corrected chi connectivity index (χ2v) is 6.75. The van der Waals surface area contributed by atoms with Crippen LogP contribution >= 0.6 is 22.6 Å². The third kappa shape index (κ3) is 3.84. The molecule has 128 valence electrons. The summed E-state index contributed by atoms with van der Waals surface area (Å²) in [6, 6.07) is 14.7. The number of anilines is 1. The topological polar surface area (TPSA) is 58.6 Å². The molecule has 2 aromatic carbocycles. The van der Waals surface area contributed by atoms with Gasteiger partial charge >= 0.3 is 0 Å². The number of nitrogens with zero attached hydrogens (tertiary/aromatic N) is 1. The van der Waals surface area contributed by atoms with Crippen LogP contribution in [0.4, 0.5) is 5.69 Å². The Morgan fingerprint density at radius 3 is 2.56 bits per heavy atom. The van der Waals surface area contributed by atoms with Crippen molar-refractivity contribution in [1.29, 1.82) is 0 Å². The highest BCUT2D eigenvalue weighted by Crippen LogP contribution is 2.25. The third-order valence-electron chi connectivity index (χ3n) is 3.66. The highest BCUT2D eigenvalue weighted by molar-refractivity contribution is 14.1. The molecule has 1 fully saturated rings. The first kappa shape index (κ1) is 17.5. The number of para-hydroxylation sites is 1. The Morgan fingerprint density at radius 1 is 1.12 bits per heavy atom. The zero-order valence-electron chi connectivity index (χ0n) is 13.7. The Labute approximate surface area is 159 Å². The quantitative estimate of drug-likeness (QED) is 0.433. The summed E-state index contributed by atoms with van der Waals surface area (Å²) < 4.78 is 6.74. The standard InChI is InChI=1S/C19H17IN2O3/c1-2-11-25-17-6-4-3-5-13(17)12-16-18(23)21-22(19(16)24)15-9-7-14(20)8-10-15/h3-10,12H,2,11H2,1H3,(H,21,23)/b16-12+. The van der Waals surface area contributed by atoms with Crippen molar-refractivity contribution in [1.82, 2.24) is 5.43 Å². The maximum absolute atomic E-state index is 12.7. The lowest BCUT2D eigenvalue weighted by atomic mass is 10.1. The summed E-state index contributed by atoms with van der Waals surface area (Å²) in [4.78, 5) is 24.9. The van der Waals surface area contributed by atoms with Gasteiger partial charge in [-0.1, -0.05) is 25.1 Å². The second kappa shape index (κ2) is 7.69. The van der Waals surface area contributed by atoms with E-state index in [0.717, 1.165) is 9.99 Å². The molecule has 0 unspecified atom stereocenters. The van der Waals surface area contributed by atoms with E-state index in [0.29, 0.717) is 23.6 Å². The normalized spacial score (nSPS) is 15.6. The van der Waals surface area contributed by atoms with Crippen LogP contribution in [0.15, 0.2) is 54.1 Å². The number of hydrogen-bond acceptors (Lipinski definition) is 3. The van der Waals surface area contributed by atoms with Crippen LogP contribution in [0, 0.1) is 3.57 Å². The fraction of sp³-hybridized carbons (Fsp3) is 0.158. The maximum atomic E-state index is 12.7. The fourth-order valence-corrected chi connectivity index (χ4v) is 2.79. The number of nitrogens with one attached hydrogen (secondary N) is 1. The van der Waals surface area contributed by atoms with Gasteiger partial charge in [0.05, 0.1) is 12.3 Å². The molecule has 1 N–H and O–H groups in total. The molecule has 6 heteroatoms. The predicted octanol–water partition coefficient (Wildman–Crippen LogP) is 3.54. The molecule has 2 aromatic rings. The number of ether oxygens (including phenoxy) is 1.